The number of carbonyl (C=O) groups is 1. The smallest absolute Gasteiger partial charge is 0.220 e. The number of hydrogen-bond acceptors (Lipinski definition) is 2. The maximum atomic E-state index is 11.8. The van der Waals surface area contributed by atoms with Crippen LogP contribution in [0.1, 0.15) is 50.7 Å². The van der Waals surface area contributed by atoms with Crippen molar-refractivity contribution < 1.29 is 4.79 Å². The highest BCUT2D eigenvalue weighted by Gasteiger charge is 2.11. The van der Waals surface area contributed by atoms with Gasteiger partial charge in [0.1, 0.15) is 0 Å². The molecule has 1 amide bonds. The van der Waals surface area contributed by atoms with E-state index in [1.807, 2.05) is 6.92 Å². The van der Waals surface area contributed by atoms with Gasteiger partial charge in [-0.1, -0.05) is 38.1 Å². The van der Waals surface area contributed by atoms with Gasteiger partial charge < -0.3 is 11.1 Å². The summed E-state index contributed by atoms with van der Waals surface area (Å²) in [4.78, 5) is 11.8. The van der Waals surface area contributed by atoms with Crippen LogP contribution >= 0.6 is 12.4 Å². The van der Waals surface area contributed by atoms with Crippen LogP contribution in [-0.4, -0.2) is 18.5 Å². The Morgan fingerprint density at radius 2 is 1.85 bits per heavy atom. The third-order valence-electron chi connectivity index (χ3n) is 3.37. The van der Waals surface area contributed by atoms with Gasteiger partial charge in [-0.2, -0.15) is 0 Å². The van der Waals surface area contributed by atoms with E-state index in [1.54, 1.807) is 0 Å². The van der Waals surface area contributed by atoms with Crippen molar-refractivity contribution in [3.8, 4) is 0 Å². The van der Waals surface area contributed by atoms with Crippen molar-refractivity contribution in [3.05, 3.63) is 35.4 Å². The predicted octanol–water partition coefficient (Wildman–Crippen LogP) is 3.02. The van der Waals surface area contributed by atoms with Crippen LogP contribution in [0.15, 0.2) is 24.3 Å². The molecule has 0 bridgehead atoms. The topological polar surface area (TPSA) is 55.1 Å². The second-order valence-electron chi connectivity index (χ2n) is 5.32. The average Bonchev–Trinajstić information content (AvgIpc) is 2.38. The van der Waals surface area contributed by atoms with E-state index in [2.05, 4.69) is 43.4 Å². The lowest BCUT2D eigenvalue weighted by Crippen LogP contribution is -2.29. The van der Waals surface area contributed by atoms with E-state index in [-0.39, 0.29) is 30.3 Å². The molecule has 0 fully saturated rings. The summed E-state index contributed by atoms with van der Waals surface area (Å²) >= 11 is 0. The Bertz CT molecular complexity index is 390. The summed E-state index contributed by atoms with van der Waals surface area (Å²) in [5.74, 6) is 0.355. The molecule has 0 saturated carbocycles. The lowest BCUT2D eigenvalue weighted by Gasteiger charge is -2.13. The molecule has 1 aromatic rings. The first-order valence-electron chi connectivity index (χ1n) is 7.14. The van der Waals surface area contributed by atoms with Gasteiger partial charge in [0, 0.05) is 19.0 Å². The molecule has 0 saturated heterocycles. The average molecular weight is 299 g/mol. The number of carbonyl (C=O) groups excluding carboxylic acids is 1. The van der Waals surface area contributed by atoms with Gasteiger partial charge in [-0.25, -0.2) is 0 Å². The van der Waals surface area contributed by atoms with Gasteiger partial charge in [-0.05, 0) is 36.8 Å². The molecule has 3 nitrogen and oxygen atoms in total. The van der Waals surface area contributed by atoms with Crippen LogP contribution in [0.4, 0.5) is 0 Å². The fourth-order valence-corrected chi connectivity index (χ4v) is 1.99. The molecule has 0 aromatic heterocycles. The Hall–Kier alpha value is -1.06. The Kier molecular flexibility index (Phi) is 9.26. The first kappa shape index (κ1) is 18.9. The van der Waals surface area contributed by atoms with Gasteiger partial charge >= 0.3 is 0 Å². The lowest BCUT2D eigenvalue weighted by molar-refractivity contribution is -0.121. The minimum Gasteiger partial charge on any atom is -0.356 e. The SMILES string of the molecule is CCc1ccc(C(C)CC(=O)NCCC(C)N)cc1.Cl. The first-order valence-corrected chi connectivity index (χ1v) is 7.14. The molecule has 4 heteroatoms. The molecule has 2 atom stereocenters. The molecule has 0 aliphatic carbocycles. The van der Waals surface area contributed by atoms with Gasteiger partial charge in [0.2, 0.25) is 5.91 Å². The fraction of sp³-hybridized carbons (Fsp3) is 0.562. The molecule has 0 heterocycles. The summed E-state index contributed by atoms with van der Waals surface area (Å²) in [5.41, 5.74) is 8.20. The van der Waals surface area contributed by atoms with Crippen molar-refractivity contribution >= 4 is 18.3 Å². The molecule has 1 aromatic carbocycles. The normalized spacial score (nSPS) is 13.2. The zero-order valence-corrected chi connectivity index (χ0v) is 13.5. The van der Waals surface area contributed by atoms with Crippen LogP contribution < -0.4 is 11.1 Å². The lowest BCUT2D eigenvalue weighted by atomic mass is 9.96. The van der Waals surface area contributed by atoms with Gasteiger partial charge in [0.25, 0.3) is 0 Å². The highest BCUT2D eigenvalue weighted by molar-refractivity contribution is 5.85. The Balaban J connectivity index is 0.00000361. The third kappa shape index (κ3) is 6.92. The van der Waals surface area contributed by atoms with E-state index in [1.165, 1.54) is 11.1 Å². The molecule has 114 valence electrons. The van der Waals surface area contributed by atoms with Gasteiger partial charge in [0.05, 0.1) is 0 Å². The molecule has 0 aliphatic rings. The standard InChI is InChI=1S/C16H26N2O.ClH/c1-4-14-5-7-15(8-6-14)12(2)11-16(19)18-10-9-13(3)17;/h5-8,12-13H,4,9-11,17H2,1-3H3,(H,18,19);1H. The molecule has 1 rings (SSSR count). The summed E-state index contributed by atoms with van der Waals surface area (Å²) in [6.07, 6.45) is 2.40. The zero-order valence-electron chi connectivity index (χ0n) is 12.7. The van der Waals surface area contributed by atoms with Crippen LogP contribution in [0, 0.1) is 0 Å². The number of hydrogen-bond donors (Lipinski definition) is 2. The van der Waals surface area contributed by atoms with Crippen LogP contribution in [0.3, 0.4) is 0 Å². The molecular formula is C16H27ClN2O. The minimum absolute atomic E-state index is 0. The van der Waals surface area contributed by atoms with Crippen molar-refractivity contribution in [2.75, 3.05) is 6.54 Å². The Labute approximate surface area is 128 Å². The second kappa shape index (κ2) is 9.78. The fourth-order valence-electron chi connectivity index (χ4n) is 1.99. The maximum absolute atomic E-state index is 11.8. The van der Waals surface area contributed by atoms with E-state index in [0.29, 0.717) is 13.0 Å². The summed E-state index contributed by atoms with van der Waals surface area (Å²) in [6.45, 7) is 6.85. The summed E-state index contributed by atoms with van der Waals surface area (Å²) in [6, 6.07) is 8.66. The van der Waals surface area contributed by atoms with E-state index >= 15 is 0 Å². The van der Waals surface area contributed by atoms with E-state index in [4.69, 9.17) is 5.73 Å². The third-order valence-corrected chi connectivity index (χ3v) is 3.37. The number of halogens is 1. The zero-order chi connectivity index (χ0) is 14.3. The van der Waals surface area contributed by atoms with Gasteiger partial charge in [-0.3, -0.25) is 4.79 Å². The number of amides is 1. The molecule has 20 heavy (non-hydrogen) atoms. The highest BCUT2D eigenvalue weighted by Crippen LogP contribution is 2.19. The summed E-state index contributed by atoms with van der Waals surface area (Å²) < 4.78 is 0. The number of nitrogens with one attached hydrogen (secondary N) is 1. The van der Waals surface area contributed by atoms with Crippen LogP contribution in [-0.2, 0) is 11.2 Å². The molecule has 0 spiro atoms. The molecule has 2 unspecified atom stereocenters. The van der Waals surface area contributed by atoms with Crippen LogP contribution in [0.2, 0.25) is 0 Å². The Morgan fingerprint density at radius 1 is 1.25 bits per heavy atom. The van der Waals surface area contributed by atoms with Gasteiger partial charge in [-0.15, -0.1) is 12.4 Å². The Morgan fingerprint density at radius 3 is 2.35 bits per heavy atom. The van der Waals surface area contributed by atoms with Crippen molar-refractivity contribution in [1.82, 2.24) is 5.32 Å². The quantitative estimate of drug-likeness (QED) is 0.813. The second-order valence-corrected chi connectivity index (χ2v) is 5.32. The van der Waals surface area contributed by atoms with Gasteiger partial charge in [0.15, 0.2) is 0 Å². The van der Waals surface area contributed by atoms with Crippen molar-refractivity contribution in [2.45, 2.75) is 52.0 Å². The monoisotopic (exact) mass is 298 g/mol. The van der Waals surface area contributed by atoms with Crippen molar-refractivity contribution in [3.63, 3.8) is 0 Å². The largest absolute Gasteiger partial charge is 0.356 e. The van der Waals surface area contributed by atoms with Crippen molar-refractivity contribution in [1.29, 1.82) is 0 Å². The number of nitrogens with two attached hydrogens (primary N) is 1. The van der Waals surface area contributed by atoms with Crippen LogP contribution in [0.25, 0.3) is 0 Å². The number of rotatable bonds is 7. The minimum atomic E-state index is 0. The highest BCUT2D eigenvalue weighted by atomic mass is 35.5. The van der Waals surface area contributed by atoms with Crippen LogP contribution in [0.5, 0.6) is 0 Å². The predicted molar refractivity (Wildman–Crippen MR) is 87.4 cm³/mol. The van der Waals surface area contributed by atoms with E-state index in [9.17, 15) is 4.79 Å². The van der Waals surface area contributed by atoms with E-state index in [0.717, 1.165) is 12.8 Å². The molecule has 0 radical (unpaired) electrons. The molecule has 3 N–H and O–H groups in total. The number of benzene rings is 1. The van der Waals surface area contributed by atoms with Crippen molar-refractivity contribution in [2.24, 2.45) is 5.73 Å². The maximum Gasteiger partial charge on any atom is 0.220 e. The number of aryl methyl sites for hydroxylation is 1. The first-order chi connectivity index (χ1) is 9.02. The van der Waals surface area contributed by atoms with E-state index < -0.39 is 0 Å². The summed E-state index contributed by atoms with van der Waals surface area (Å²) in [5, 5.41) is 2.92. The molecule has 0 aliphatic heterocycles. The summed E-state index contributed by atoms with van der Waals surface area (Å²) in [7, 11) is 0. The molecular weight excluding hydrogens is 272 g/mol.